The number of hydrogen-bond donors (Lipinski definition) is 1. The number of halogens is 4. The first-order chi connectivity index (χ1) is 16.1. The van der Waals surface area contributed by atoms with E-state index in [0.717, 1.165) is 16.3 Å². The molecule has 0 fully saturated rings. The van der Waals surface area contributed by atoms with E-state index in [4.69, 9.17) is 4.42 Å². The van der Waals surface area contributed by atoms with Crippen molar-refractivity contribution in [3.63, 3.8) is 0 Å². The summed E-state index contributed by atoms with van der Waals surface area (Å²) in [5.74, 6) is 0.132. The number of rotatable bonds is 5. The van der Waals surface area contributed by atoms with Gasteiger partial charge in [-0.1, -0.05) is 38.6 Å². The normalized spacial score (nSPS) is 11.1. The van der Waals surface area contributed by atoms with E-state index in [0.29, 0.717) is 28.7 Å². The Morgan fingerprint density at radius 3 is 2.32 bits per heavy atom. The Balaban J connectivity index is 0.00000158. The van der Waals surface area contributed by atoms with Crippen LogP contribution in [0.25, 0.3) is 28.4 Å². The highest BCUT2D eigenvalue weighted by atomic mass is 19.4. The van der Waals surface area contributed by atoms with Gasteiger partial charge in [0.05, 0.1) is 17.1 Å². The van der Waals surface area contributed by atoms with Crippen LogP contribution in [0.5, 0.6) is 0 Å². The highest BCUT2D eigenvalue weighted by Crippen LogP contribution is 2.33. The summed E-state index contributed by atoms with van der Waals surface area (Å²) in [6, 6.07) is 14.2. The first-order valence-corrected chi connectivity index (χ1v) is 10.5. The summed E-state index contributed by atoms with van der Waals surface area (Å²) in [5.41, 5.74) is 1.05. The highest BCUT2D eigenvalue weighted by molar-refractivity contribution is 5.76. The van der Waals surface area contributed by atoms with Gasteiger partial charge >= 0.3 is 6.18 Å². The highest BCUT2D eigenvalue weighted by Gasteiger charge is 2.35. The number of anilines is 1. The molecule has 34 heavy (non-hydrogen) atoms. The van der Waals surface area contributed by atoms with E-state index in [-0.39, 0.29) is 11.3 Å². The van der Waals surface area contributed by atoms with E-state index in [1.807, 2.05) is 44.2 Å². The summed E-state index contributed by atoms with van der Waals surface area (Å²) in [6.45, 7) is 9.70. The third-order valence-electron chi connectivity index (χ3n) is 4.80. The zero-order chi connectivity index (χ0) is 25.0. The van der Waals surface area contributed by atoms with Crippen LogP contribution < -0.4 is 5.32 Å². The largest absolute Gasteiger partial charge is 0.435 e. The van der Waals surface area contributed by atoms with E-state index in [1.165, 1.54) is 25.2 Å². The molecule has 2 heterocycles. The number of oxazole rings is 1. The molecule has 0 aliphatic heterocycles. The molecule has 0 unspecified atom stereocenters. The second-order valence-electron chi connectivity index (χ2n) is 7.13. The van der Waals surface area contributed by atoms with E-state index in [1.54, 1.807) is 6.92 Å². The number of nitrogens with one attached hydrogen (secondary N) is 1. The average molecular weight is 472 g/mol. The fourth-order valence-electron chi connectivity index (χ4n) is 3.27. The molecule has 5 nitrogen and oxygen atoms in total. The van der Waals surface area contributed by atoms with Crippen LogP contribution in [-0.2, 0) is 13.2 Å². The molecule has 1 N–H and O–H groups in total. The van der Waals surface area contributed by atoms with E-state index >= 15 is 0 Å². The summed E-state index contributed by atoms with van der Waals surface area (Å²) < 4.78 is 60.3. The summed E-state index contributed by atoms with van der Waals surface area (Å²) >= 11 is 0. The lowest BCUT2D eigenvalue weighted by atomic mass is 10.1. The summed E-state index contributed by atoms with van der Waals surface area (Å²) in [7, 11) is 1.33. The number of hydrogen-bond acceptors (Lipinski definition) is 4. The maximum Gasteiger partial charge on any atom is 0.435 e. The maximum absolute atomic E-state index is 14.8. The molecule has 9 heteroatoms. The average Bonchev–Trinajstić information content (AvgIpc) is 3.39. The van der Waals surface area contributed by atoms with E-state index < -0.39 is 17.7 Å². The van der Waals surface area contributed by atoms with Gasteiger partial charge in [-0.05, 0) is 43.3 Å². The smallest absolute Gasteiger partial charge is 0.434 e. The van der Waals surface area contributed by atoms with Crippen molar-refractivity contribution in [2.45, 2.75) is 26.9 Å². The van der Waals surface area contributed by atoms with Crippen LogP contribution >= 0.6 is 0 Å². The zero-order valence-electron chi connectivity index (χ0n) is 19.2. The van der Waals surface area contributed by atoms with Crippen LogP contribution in [0.4, 0.5) is 23.2 Å². The van der Waals surface area contributed by atoms with Gasteiger partial charge in [-0.15, -0.1) is 0 Å². The van der Waals surface area contributed by atoms with Crippen LogP contribution in [0, 0.1) is 12.7 Å². The van der Waals surface area contributed by atoms with Gasteiger partial charge in [-0.2, -0.15) is 18.3 Å². The van der Waals surface area contributed by atoms with E-state index in [2.05, 4.69) is 22.0 Å². The van der Waals surface area contributed by atoms with Crippen LogP contribution in [-0.4, -0.2) is 14.8 Å². The van der Waals surface area contributed by atoms with Gasteiger partial charge in [-0.25, -0.2) is 9.37 Å². The summed E-state index contributed by atoms with van der Waals surface area (Å²) in [6.07, 6.45) is -4.61. The van der Waals surface area contributed by atoms with Crippen LogP contribution in [0.3, 0.4) is 0 Å². The number of alkyl halides is 3. The van der Waals surface area contributed by atoms with Gasteiger partial charge < -0.3 is 9.73 Å². The van der Waals surface area contributed by atoms with Crippen molar-refractivity contribution in [1.29, 1.82) is 0 Å². The topological polar surface area (TPSA) is 55.9 Å². The molecular weight excluding hydrogens is 448 g/mol. The zero-order valence-corrected chi connectivity index (χ0v) is 19.2. The van der Waals surface area contributed by atoms with Gasteiger partial charge in [0.2, 0.25) is 5.89 Å². The minimum Gasteiger partial charge on any atom is -0.434 e. The van der Waals surface area contributed by atoms with Gasteiger partial charge in [-0.3, -0.25) is 4.68 Å². The van der Waals surface area contributed by atoms with Crippen molar-refractivity contribution in [3.8, 4) is 22.7 Å². The molecule has 0 aliphatic carbocycles. The van der Waals surface area contributed by atoms with Crippen LogP contribution in [0.2, 0.25) is 0 Å². The standard InChI is InChI=1S/C23H18F4N4O.C2H6/c1-13(21-14(2)29-22(32-21)15-7-5-4-6-8-15)28-16-9-10-17(18(24)11-16)19-12-20(23(25,26)27)30-31(19)3;1-2/h4-12,28H,1H2,2-3H3;1-2H3. The molecule has 4 aromatic rings. The molecule has 0 bridgehead atoms. The number of nitrogens with zero attached hydrogens (tertiary/aromatic N) is 3. The minimum atomic E-state index is -4.61. The Hall–Kier alpha value is -3.88. The lowest BCUT2D eigenvalue weighted by molar-refractivity contribution is -0.141. The quantitative estimate of drug-likeness (QED) is 0.309. The molecule has 0 saturated heterocycles. The molecule has 0 saturated carbocycles. The summed E-state index contributed by atoms with van der Waals surface area (Å²) in [4.78, 5) is 4.40. The molecule has 0 atom stereocenters. The molecule has 0 aliphatic rings. The molecular formula is C25H24F4N4O. The molecule has 0 spiro atoms. The fourth-order valence-corrected chi connectivity index (χ4v) is 3.27. The Kier molecular flexibility index (Phi) is 7.24. The SMILES string of the molecule is C=C(Nc1ccc(-c2cc(C(F)(F)F)nn2C)c(F)c1)c1oc(-c2ccccc2)nc1C.CC. The second kappa shape index (κ2) is 9.94. The van der Waals surface area contributed by atoms with Crippen molar-refractivity contribution in [3.05, 3.63) is 84.1 Å². The molecule has 2 aromatic carbocycles. The lowest BCUT2D eigenvalue weighted by Crippen LogP contribution is -2.06. The fraction of sp³-hybridized carbons (Fsp3) is 0.200. The van der Waals surface area contributed by atoms with Crippen molar-refractivity contribution in [2.75, 3.05) is 5.32 Å². The van der Waals surface area contributed by atoms with Crippen LogP contribution in [0.1, 0.15) is 31.0 Å². The van der Waals surface area contributed by atoms with Gasteiger partial charge in [0.1, 0.15) is 5.82 Å². The Morgan fingerprint density at radius 1 is 1.06 bits per heavy atom. The van der Waals surface area contributed by atoms with Crippen molar-refractivity contribution in [2.24, 2.45) is 7.05 Å². The Labute approximate surface area is 194 Å². The second-order valence-corrected chi connectivity index (χ2v) is 7.13. The first kappa shape index (κ1) is 24.8. The van der Waals surface area contributed by atoms with Crippen molar-refractivity contribution >= 4 is 11.4 Å². The Bertz CT molecular complexity index is 1290. The van der Waals surface area contributed by atoms with Gasteiger partial charge in [0.15, 0.2) is 11.5 Å². The maximum atomic E-state index is 14.8. The molecule has 178 valence electrons. The monoisotopic (exact) mass is 472 g/mol. The number of aryl methyl sites for hydroxylation is 2. The molecule has 0 amide bonds. The molecule has 2 aromatic heterocycles. The summed E-state index contributed by atoms with van der Waals surface area (Å²) in [5, 5.41) is 6.38. The predicted molar refractivity (Wildman–Crippen MR) is 124 cm³/mol. The number of benzene rings is 2. The predicted octanol–water partition coefficient (Wildman–Crippen LogP) is 7.32. The van der Waals surface area contributed by atoms with E-state index in [9.17, 15) is 17.6 Å². The first-order valence-electron chi connectivity index (χ1n) is 10.5. The van der Waals surface area contributed by atoms with Crippen LogP contribution in [0.15, 0.2) is 65.6 Å². The lowest BCUT2D eigenvalue weighted by Gasteiger charge is -2.10. The third kappa shape index (κ3) is 5.19. The molecule has 4 rings (SSSR count). The number of aromatic nitrogens is 3. The van der Waals surface area contributed by atoms with Gasteiger partial charge in [0, 0.05) is 23.9 Å². The Morgan fingerprint density at radius 2 is 1.74 bits per heavy atom. The third-order valence-corrected chi connectivity index (χ3v) is 4.80. The minimum absolute atomic E-state index is 0.00567. The van der Waals surface area contributed by atoms with Gasteiger partial charge in [0.25, 0.3) is 0 Å². The molecule has 0 radical (unpaired) electrons. The van der Waals surface area contributed by atoms with Crippen molar-refractivity contribution in [1.82, 2.24) is 14.8 Å². The van der Waals surface area contributed by atoms with Crippen molar-refractivity contribution < 1.29 is 22.0 Å².